The van der Waals surface area contributed by atoms with Gasteiger partial charge in [-0.2, -0.15) is 0 Å². The molecule has 9 aromatic rings. The molecule has 11 rings (SSSR count). The lowest BCUT2D eigenvalue weighted by molar-refractivity contribution is 0.330. The molecule has 1 heteroatoms. The molecule has 2 aliphatic rings. The summed E-state index contributed by atoms with van der Waals surface area (Å²) in [6.45, 7) is 5.03. The van der Waals surface area contributed by atoms with Gasteiger partial charge < -0.3 is 4.90 Å². The molecule has 1 nitrogen and oxygen atoms in total. The summed E-state index contributed by atoms with van der Waals surface area (Å²) in [7, 11) is 0. The van der Waals surface area contributed by atoms with Gasteiger partial charge in [0.25, 0.3) is 0 Å². The molecule has 54 heavy (non-hydrogen) atoms. The molecule has 0 amide bonds. The Morgan fingerprint density at radius 1 is 0.407 bits per heavy atom. The summed E-state index contributed by atoms with van der Waals surface area (Å²) >= 11 is 0. The maximum absolute atomic E-state index is 2.66. The van der Waals surface area contributed by atoms with Gasteiger partial charge in [0.15, 0.2) is 0 Å². The van der Waals surface area contributed by atoms with E-state index in [2.05, 4.69) is 195 Å². The standard InChI is InChI=1S/C53H41N/c1-52-30-15-31-53(52,2)54(39-22-13-6-14-23-39)49-29-24-38(32-48(49)52)47-34-46(37-20-11-5-12-21-37)42-26-25-40-44(35-16-7-3-8-17-35)33-45(36-18-9-4-10-19-36)41-27-28-43(47)51(42)50(40)41/h3-14,16-29,32-34H,15,30-31H2,1-2H3. The SMILES string of the molecule is CC12CCCC1(C)N(c1ccccc1)c1ccc(-c3cc(-c4ccccc4)c4ccc5c(-c6ccccc6)cc(-c6ccccc6)c6ccc3c4c56)cc12. The first-order chi connectivity index (χ1) is 26.5. The minimum atomic E-state index is 0.0227. The minimum Gasteiger partial charge on any atom is -0.334 e. The predicted molar refractivity (Wildman–Crippen MR) is 230 cm³/mol. The zero-order chi connectivity index (χ0) is 36.0. The van der Waals surface area contributed by atoms with E-state index in [1.807, 2.05) is 0 Å². The first-order valence-electron chi connectivity index (χ1n) is 19.5. The van der Waals surface area contributed by atoms with Gasteiger partial charge in [0.2, 0.25) is 0 Å². The van der Waals surface area contributed by atoms with E-state index >= 15 is 0 Å². The molecule has 0 aromatic heterocycles. The highest BCUT2D eigenvalue weighted by molar-refractivity contribution is 6.32. The van der Waals surface area contributed by atoms with Crippen molar-refractivity contribution in [2.24, 2.45) is 0 Å². The second-order valence-corrected chi connectivity index (χ2v) is 16.0. The van der Waals surface area contributed by atoms with Crippen LogP contribution in [0.3, 0.4) is 0 Å². The molecule has 0 N–H and O–H groups in total. The predicted octanol–water partition coefficient (Wildman–Crippen LogP) is 14.6. The summed E-state index contributed by atoms with van der Waals surface area (Å²) in [5.74, 6) is 0. The molecule has 0 radical (unpaired) electrons. The van der Waals surface area contributed by atoms with Gasteiger partial charge in [-0.15, -0.1) is 0 Å². The van der Waals surface area contributed by atoms with Crippen LogP contribution in [-0.4, -0.2) is 5.54 Å². The second-order valence-electron chi connectivity index (χ2n) is 16.0. The first-order valence-corrected chi connectivity index (χ1v) is 19.5. The van der Waals surface area contributed by atoms with Crippen molar-refractivity contribution in [1.82, 2.24) is 0 Å². The molecule has 0 bridgehead atoms. The lowest BCUT2D eigenvalue weighted by Crippen LogP contribution is -2.48. The van der Waals surface area contributed by atoms with E-state index in [4.69, 9.17) is 0 Å². The van der Waals surface area contributed by atoms with Crippen LogP contribution in [0.4, 0.5) is 11.4 Å². The Morgan fingerprint density at radius 3 is 1.30 bits per heavy atom. The molecule has 1 aliphatic carbocycles. The molecular formula is C53H41N. The zero-order valence-electron chi connectivity index (χ0n) is 30.8. The monoisotopic (exact) mass is 691 g/mol. The van der Waals surface area contributed by atoms with Gasteiger partial charge >= 0.3 is 0 Å². The van der Waals surface area contributed by atoms with Crippen LogP contribution in [0.25, 0.3) is 76.8 Å². The summed E-state index contributed by atoms with van der Waals surface area (Å²) in [6.07, 6.45) is 3.62. The summed E-state index contributed by atoms with van der Waals surface area (Å²) in [6, 6.07) is 65.8. The summed E-state index contributed by atoms with van der Waals surface area (Å²) < 4.78 is 0. The average molecular weight is 692 g/mol. The maximum atomic E-state index is 2.66. The normalized spacial score (nSPS) is 19.2. The third-order valence-corrected chi connectivity index (χ3v) is 13.3. The topological polar surface area (TPSA) is 3.24 Å². The fraction of sp³-hybridized carbons (Fsp3) is 0.132. The number of fused-ring (bicyclic) bond motifs is 3. The summed E-state index contributed by atoms with van der Waals surface area (Å²) in [5.41, 5.74) is 14.3. The Bertz CT molecular complexity index is 2800. The Morgan fingerprint density at radius 2 is 0.833 bits per heavy atom. The third-order valence-electron chi connectivity index (χ3n) is 13.3. The van der Waals surface area contributed by atoms with Crippen LogP contribution in [-0.2, 0) is 5.41 Å². The van der Waals surface area contributed by atoms with Gasteiger partial charge in [0, 0.05) is 16.8 Å². The van der Waals surface area contributed by atoms with Crippen molar-refractivity contribution in [1.29, 1.82) is 0 Å². The van der Waals surface area contributed by atoms with Crippen LogP contribution >= 0.6 is 0 Å². The number of anilines is 2. The molecule has 9 aromatic carbocycles. The first kappa shape index (κ1) is 31.4. The molecule has 1 saturated carbocycles. The largest absolute Gasteiger partial charge is 0.334 e. The van der Waals surface area contributed by atoms with Crippen molar-refractivity contribution >= 4 is 43.7 Å². The van der Waals surface area contributed by atoms with Crippen LogP contribution in [0.2, 0.25) is 0 Å². The van der Waals surface area contributed by atoms with E-state index in [1.165, 1.54) is 113 Å². The maximum Gasteiger partial charge on any atom is 0.0517 e. The number of nitrogens with zero attached hydrogens (tertiary/aromatic N) is 1. The van der Waals surface area contributed by atoms with Crippen LogP contribution in [0.5, 0.6) is 0 Å². The van der Waals surface area contributed by atoms with E-state index in [9.17, 15) is 0 Å². The fourth-order valence-corrected chi connectivity index (χ4v) is 10.5. The van der Waals surface area contributed by atoms with E-state index in [0.29, 0.717) is 0 Å². The number of para-hydroxylation sites is 1. The molecule has 0 spiro atoms. The molecule has 258 valence electrons. The lowest BCUT2D eigenvalue weighted by Gasteiger charge is -2.42. The number of rotatable bonds is 5. The molecule has 2 unspecified atom stereocenters. The van der Waals surface area contributed by atoms with Crippen molar-refractivity contribution in [3.8, 4) is 44.5 Å². The Hall–Kier alpha value is -6.18. The molecule has 1 heterocycles. The smallest absolute Gasteiger partial charge is 0.0517 e. The molecule has 0 saturated heterocycles. The number of hydrogen-bond acceptors (Lipinski definition) is 1. The Labute approximate surface area is 317 Å². The minimum absolute atomic E-state index is 0.0227. The summed E-state index contributed by atoms with van der Waals surface area (Å²) in [5, 5.41) is 7.90. The van der Waals surface area contributed by atoms with Crippen molar-refractivity contribution in [2.45, 2.75) is 44.1 Å². The van der Waals surface area contributed by atoms with Crippen molar-refractivity contribution in [3.63, 3.8) is 0 Å². The fourth-order valence-electron chi connectivity index (χ4n) is 10.5. The molecular weight excluding hydrogens is 651 g/mol. The van der Waals surface area contributed by atoms with Crippen LogP contribution in [0.1, 0.15) is 38.7 Å². The highest BCUT2D eigenvalue weighted by atomic mass is 15.3. The Balaban J connectivity index is 1.24. The van der Waals surface area contributed by atoms with Gasteiger partial charge in [-0.1, -0.05) is 153 Å². The highest BCUT2D eigenvalue weighted by Gasteiger charge is 2.59. The van der Waals surface area contributed by atoms with Crippen LogP contribution < -0.4 is 4.90 Å². The van der Waals surface area contributed by atoms with E-state index in [-0.39, 0.29) is 11.0 Å². The quantitative estimate of drug-likeness (QED) is 0.162. The van der Waals surface area contributed by atoms with Gasteiger partial charge in [-0.05, 0) is 139 Å². The van der Waals surface area contributed by atoms with E-state index in [1.54, 1.807) is 0 Å². The number of benzene rings is 9. The van der Waals surface area contributed by atoms with Gasteiger partial charge in [-0.25, -0.2) is 0 Å². The second kappa shape index (κ2) is 11.7. The van der Waals surface area contributed by atoms with Crippen molar-refractivity contribution in [2.75, 3.05) is 4.90 Å². The van der Waals surface area contributed by atoms with E-state index in [0.717, 1.165) is 0 Å². The zero-order valence-corrected chi connectivity index (χ0v) is 30.8. The van der Waals surface area contributed by atoms with Crippen LogP contribution in [0.15, 0.2) is 176 Å². The molecule has 1 fully saturated rings. The van der Waals surface area contributed by atoms with Gasteiger partial charge in [-0.3, -0.25) is 0 Å². The third kappa shape index (κ3) is 4.33. The van der Waals surface area contributed by atoms with Crippen molar-refractivity contribution in [3.05, 3.63) is 181 Å². The van der Waals surface area contributed by atoms with Gasteiger partial charge in [0.1, 0.15) is 0 Å². The lowest BCUT2D eigenvalue weighted by atomic mass is 9.71. The highest BCUT2D eigenvalue weighted by Crippen LogP contribution is 2.63. The van der Waals surface area contributed by atoms with Crippen molar-refractivity contribution < 1.29 is 0 Å². The number of hydrogen-bond donors (Lipinski definition) is 0. The molecule has 2 atom stereocenters. The van der Waals surface area contributed by atoms with Crippen LogP contribution in [0, 0.1) is 0 Å². The molecule has 1 aliphatic heterocycles. The van der Waals surface area contributed by atoms with Gasteiger partial charge in [0.05, 0.1) is 5.54 Å². The van der Waals surface area contributed by atoms with E-state index < -0.39 is 0 Å². The Kier molecular flexibility index (Phi) is 6.77. The summed E-state index contributed by atoms with van der Waals surface area (Å²) in [4.78, 5) is 2.66. The average Bonchev–Trinajstić information content (AvgIpc) is 3.64.